The lowest BCUT2D eigenvalue weighted by Gasteiger charge is -2.32. The number of hydrogen-bond acceptors (Lipinski definition) is 5. The summed E-state index contributed by atoms with van der Waals surface area (Å²) in [6.45, 7) is 2.53. The quantitative estimate of drug-likeness (QED) is 0.521. The molecule has 2 amide bonds. The highest BCUT2D eigenvalue weighted by Crippen LogP contribution is 2.55. The van der Waals surface area contributed by atoms with E-state index in [1.54, 1.807) is 24.0 Å². The second-order valence-electron chi connectivity index (χ2n) is 8.61. The standard InChI is InChI=1S/C26H26N2O5/c1-2-32-25(31)20-19-13-14-26(33-19)21(20)24(30)28(16-18-11-7-4-8-12-18)22(26)23(29)27-15-17-9-5-3-6-10-17/h3-14,19-22H,2,15-16H2,1H3,(H,27,29). The topological polar surface area (TPSA) is 84.9 Å². The maximum Gasteiger partial charge on any atom is 0.312 e. The van der Waals surface area contributed by atoms with Crippen molar-refractivity contribution in [1.82, 2.24) is 10.2 Å². The minimum Gasteiger partial charge on any atom is -0.466 e. The zero-order valence-electron chi connectivity index (χ0n) is 18.3. The van der Waals surface area contributed by atoms with Crippen LogP contribution in [0.25, 0.3) is 0 Å². The van der Waals surface area contributed by atoms with Gasteiger partial charge in [0.15, 0.2) is 0 Å². The molecule has 3 heterocycles. The Morgan fingerprint density at radius 1 is 1.06 bits per heavy atom. The van der Waals surface area contributed by atoms with Gasteiger partial charge < -0.3 is 19.7 Å². The van der Waals surface area contributed by atoms with Crippen LogP contribution in [-0.4, -0.2) is 47.0 Å². The summed E-state index contributed by atoms with van der Waals surface area (Å²) in [4.78, 5) is 41.6. The molecule has 5 rings (SSSR count). The normalized spacial score (nSPS) is 29.2. The molecule has 2 saturated heterocycles. The summed E-state index contributed by atoms with van der Waals surface area (Å²) in [5.41, 5.74) is 0.666. The third kappa shape index (κ3) is 3.53. The monoisotopic (exact) mass is 446 g/mol. The van der Waals surface area contributed by atoms with Crippen LogP contribution in [0.4, 0.5) is 0 Å². The van der Waals surface area contributed by atoms with Gasteiger partial charge in [-0.3, -0.25) is 14.4 Å². The largest absolute Gasteiger partial charge is 0.466 e. The van der Waals surface area contributed by atoms with E-state index >= 15 is 0 Å². The summed E-state index contributed by atoms with van der Waals surface area (Å²) in [5.74, 6) is -2.57. The predicted octanol–water partition coefficient (Wildman–Crippen LogP) is 2.22. The molecule has 33 heavy (non-hydrogen) atoms. The van der Waals surface area contributed by atoms with Crippen molar-refractivity contribution < 1.29 is 23.9 Å². The first-order chi connectivity index (χ1) is 16.0. The number of amides is 2. The molecule has 5 atom stereocenters. The number of rotatable bonds is 7. The van der Waals surface area contributed by atoms with Crippen LogP contribution in [0.1, 0.15) is 18.1 Å². The van der Waals surface area contributed by atoms with E-state index in [0.717, 1.165) is 11.1 Å². The molecule has 2 fully saturated rings. The van der Waals surface area contributed by atoms with Gasteiger partial charge in [0.1, 0.15) is 17.6 Å². The minimum atomic E-state index is -1.19. The second kappa shape index (κ2) is 8.48. The lowest BCUT2D eigenvalue weighted by atomic mass is 9.74. The number of hydrogen-bond donors (Lipinski definition) is 1. The molecular weight excluding hydrogens is 420 g/mol. The minimum absolute atomic E-state index is 0.217. The zero-order valence-corrected chi connectivity index (χ0v) is 18.3. The van der Waals surface area contributed by atoms with E-state index in [4.69, 9.17) is 9.47 Å². The lowest BCUT2D eigenvalue weighted by molar-refractivity contribution is -0.153. The Labute approximate surface area is 192 Å². The Hall–Kier alpha value is -3.45. The molecule has 1 spiro atoms. The molecular formula is C26H26N2O5. The van der Waals surface area contributed by atoms with Crippen molar-refractivity contribution in [3.63, 3.8) is 0 Å². The Balaban J connectivity index is 1.48. The van der Waals surface area contributed by atoms with Crippen molar-refractivity contribution in [1.29, 1.82) is 0 Å². The van der Waals surface area contributed by atoms with E-state index in [1.165, 1.54) is 0 Å². The number of carbonyl (C=O) groups is 3. The molecule has 0 radical (unpaired) electrons. The third-order valence-electron chi connectivity index (χ3n) is 6.69. The van der Waals surface area contributed by atoms with Crippen LogP contribution in [0.5, 0.6) is 0 Å². The molecule has 2 bridgehead atoms. The maximum absolute atomic E-state index is 13.7. The van der Waals surface area contributed by atoms with Crippen molar-refractivity contribution in [3.05, 3.63) is 83.9 Å². The number of esters is 1. The highest BCUT2D eigenvalue weighted by atomic mass is 16.6. The fraction of sp³-hybridized carbons (Fsp3) is 0.346. The van der Waals surface area contributed by atoms with Crippen LogP contribution in [0.15, 0.2) is 72.8 Å². The molecule has 5 unspecified atom stereocenters. The van der Waals surface area contributed by atoms with E-state index < -0.39 is 35.6 Å². The van der Waals surface area contributed by atoms with E-state index in [1.807, 2.05) is 60.7 Å². The first-order valence-electron chi connectivity index (χ1n) is 11.2. The third-order valence-corrected chi connectivity index (χ3v) is 6.69. The Morgan fingerprint density at radius 3 is 2.39 bits per heavy atom. The Bertz CT molecular complexity index is 1090. The van der Waals surface area contributed by atoms with Gasteiger partial charge in [0.2, 0.25) is 11.8 Å². The van der Waals surface area contributed by atoms with Crippen molar-refractivity contribution in [2.45, 2.75) is 37.8 Å². The average molecular weight is 447 g/mol. The van der Waals surface area contributed by atoms with Crippen LogP contribution in [-0.2, 0) is 36.9 Å². The molecule has 3 aliphatic rings. The Morgan fingerprint density at radius 2 is 1.73 bits per heavy atom. The molecule has 1 N–H and O–H groups in total. The van der Waals surface area contributed by atoms with Crippen LogP contribution in [0.3, 0.4) is 0 Å². The molecule has 2 aromatic carbocycles. The second-order valence-corrected chi connectivity index (χ2v) is 8.61. The van der Waals surface area contributed by atoms with Gasteiger partial charge in [-0.1, -0.05) is 72.8 Å². The summed E-state index contributed by atoms with van der Waals surface area (Å²) in [7, 11) is 0. The first kappa shape index (κ1) is 21.4. The SMILES string of the molecule is CCOC(=O)C1C2C=CC3(O2)C1C(=O)N(Cc1ccccc1)C3C(=O)NCc1ccccc1. The van der Waals surface area contributed by atoms with Crippen molar-refractivity contribution >= 4 is 17.8 Å². The molecule has 7 nitrogen and oxygen atoms in total. The van der Waals surface area contributed by atoms with Gasteiger partial charge in [-0.05, 0) is 18.1 Å². The predicted molar refractivity (Wildman–Crippen MR) is 119 cm³/mol. The molecule has 7 heteroatoms. The van der Waals surface area contributed by atoms with E-state index in [0.29, 0.717) is 6.54 Å². The molecule has 0 aliphatic carbocycles. The van der Waals surface area contributed by atoms with Gasteiger partial charge in [0.25, 0.3) is 0 Å². The highest BCUT2D eigenvalue weighted by Gasteiger charge is 2.73. The van der Waals surface area contributed by atoms with Gasteiger partial charge in [-0.25, -0.2) is 0 Å². The number of ether oxygens (including phenoxy) is 2. The highest BCUT2D eigenvalue weighted by molar-refractivity contribution is 5.99. The zero-order chi connectivity index (χ0) is 23.0. The summed E-state index contributed by atoms with van der Waals surface area (Å²) >= 11 is 0. The number of fused-ring (bicyclic) bond motifs is 1. The average Bonchev–Trinajstić information content (AvgIpc) is 3.47. The van der Waals surface area contributed by atoms with Crippen LogP contribution in [0, 0.1) is 11.8 Å². The number of nitrogens with zero attached hydrogens (tertiary/aromatic N) is 1. The van der Waals surface area contributed by atoms with Gasteiger partial charge >= 0.3 is 5.97 Å². The van der Waals surface area contributed by atoms with Gasteiger partial charge in [0.05, 0.1) is 18.6 Å². The van der Waals surface area contributed by atoms with E-state index in [-0.39, 0.29) is 25.0 Å². The van der Waals surface area contributed by atoms with E-state index in [2.05, 4.69) is 5.32 Å². The van der Waals surface area contributed by atoms with Gasteiger partial charge in [0, 0.05) is 13.1 Å². The fourth-order valence-corrected chi connectivity index (χ4v) is 5.31. The number of carbonyl (C=O) groups excluding carboxylic acids is 3. The fourth-order valence-electron chi connectivity index (χ4n) is 5.31. The van der Waals surface area contributed by atoms with Crippen molar-refractivity contribution in [2.24, 2.45) is 11.8 Å². The summed E-state index contributed by atoms with van der Waals surface area (Å²) in [6, 6.07) is 18.2. The number of nitrogens with one attached hydrogen (secondary N) is 1. The summed E-state index contributed by atoms with van der Waals surface area (Å²) in [5, 5.41) is 2.97. The molecule has 0 aromatic heterocycles. The van der Waals surface area contributed by atoms with Crippen LogP contribution in [0.2, 0.25) is 0 Å². The lowest BCUT2D eigenvalue weighted by Crippen LogP contribution is -2.54. The Kier molecular flexibility index (Phi) is 5.50. The summed E-state index contributed by atoms with van der Waals surface area (Å²) < 4.78 is 11.5. The summed E-state index contributed by atoms with van der Waals surface area (Å²) in [6.07, 6.45) is 3.02. The molecule has 0 saturated carbocycles. The van der Waals surface area contributed by atoms with Crippen molar-refractivity contribution in [3.8, 4) is 0 Å². The van der Waals surface area contributed by atoms with E-state index in [9.17, 15) is 14.4 Å². The molecule has 170 valence electrons. The van der Waals surface area contributed by atoms with Gasteiger partial charge in [-0.2, -0.15) is 0 Å². The smallest absolute Gasteiger partial charge is 0.312 e. The molecule has 3 aliphatic heterocycles. The first-order valence-corrected chi connectivity index (χ1v) is 11.2. The van der Waals surface area contributed by atoms with Gasteiger partial charge in [-0.15, -0.1) is 0 Å². The maximum atomic E-state index is 13.7. The van der Waals surface area contributed by atoms with Crippen LogP contribution < -0.4 is 5.32 Å². The van der Waals surface area contributed by atoms with Crippen molar-refractivity contribution in [2.75, 3.05) is 6.61 Å². The number of likely N-dealkylation sites (tertiary alicyclic amines) is 1. The molecule has 2 aromatic rings. The van der Waals surface area contributed by atoms with Crippen LogP contribution >= 0.6 is 0 Å². The number of benzene rings is 2.